The number of ether oxygens (including phenoxy) is 2. The number of hydrogen-bond acceptors (Lipinski definition) is 7. The van der Waals surface area contributed by atoms with Gasteiger partial charge in [-0.15, -0.1) is 11.8 Å². The molecule has 1 fully saturated rings. The van der Waals surface area contributed by atoms with Crippen molar-refractivity contribution in [2.24, 2.45) is 0 Å². The Bertz CT molecular complexity index is 550. The summed E-state index contributed by atoms with van der Waals surface area (Å²) in [5.74, 6) is -1.48. The SMILES string of the molecule is CCOC(=O)C1OC(n2cc(F)c(N)nc2=O)CS1. The Morgan fingerprint density at radius 2 is 2.53 bits per heavy atom. The highest BCUT2D eigenvalue weighted by atomic mass is 32.2. The van der Waals surface area contributed by atoms with Gasteiger partial charge < -0.3 is 15.2 Å². The van der Waals surface area contributed by atoms with Crippen LogP contribution in [0.25, 0.3) is 0 Å². The van der Waals surface area contributed by atoms with E-state index >= 15 is 0 Å². The van der Waals surface area contributed by atoms with Crippen LogP contribution in [0.1, 0.15) is 13.2 Å². The maximum absolute atomic E-state index is 13.3. The summed E-state index contributed by atoms with van der Waals surface area (Å²) in [6.45, 7) is 1.92. The lowest BCUT2D eigenvalue weighted by atomic mass is 10.5. The molecule has 0 bridgehead atoms. The number of hydrogen-bond donors (Lipinski definition) is 1. The van der Waals surface area contributed by atoms with Gasteiger partial charge in [-0.05, 0) is 6.92 Å². The summed E-state index contributed by atoms with van der Waals surface area (Å²) in [4.78, 5) is 26.4. The molecule has 0 saturated carbocycles. The minimum Gasteiger partial charge on any atom is -0.463 e. The highest BCUT2D eigenvalue weighted by Crippen LogP contribution is 2.31. The lowest BCUT2D eigenvalue weighted by Crippen LogP contribution is -2.30. The Labute approximate surface area is 111 Å². The molecule has 0 amide bonds. The number of thioether (sulfide) groups is 1. The Balaban J connectivity index is 2.15. The van der Waals surface area contributed by atoms with E-state index < -0.39 is 35.0 Å². The fourth-order valence-corrected chi connectivity index (χ4v) is 2.52. The fraction of sp³-hybridized carbons (Fsp3) is 0.500. The Morgan fingerprint density at radius 1 is 1.79 bits per heavy atom. The van der Waals surface area contributed by atoms with Crippen LogP contribution in [0.3, 0.4) is 0 Å². The zero-order valence-corrected chi connectivity index (χ0v) is 10.9. The third kappa shape index (κ3) is 2.87. The highest BCUT2D eigenvalue weighted by molar-refractivity contribution is 8.00. The molecule has 2 N–H and O–H groups in total. The van der Waals surface area contributed by atoms with E-state index in [0.29, 0.717) is 5.75 Å². The average Bonchev–Trinajstić information content (AvgIpc) is 2.83. The van der Waals surface area contributed by atoms with Crippen molar-refractivity contribution < 1.29 is 18.7 Å². The van der Waals surface area contributed by atoms with Gasteiger partial charge in [0, 0.05) is 5.75 Å². The molecule has 1 aromatic rings. The number of rotatable bonds is 3. The summed E-state index contributed by atoms with van der Waals surface area (Å²) < 4.78 is 24.4. The molecule has 0 radical (unpaired) electrons. The first-order valence-electron chi connectivity index (χ1n) is 5.50. The number of nitrogens with two attached hydrogens (primary N) is 1. The molecular formula is C10H12FN3O4S. The van der Waals surface area contributed by atoms with Crippen LogP contribution >= 0.6 is 11.8 Å². The summed E-state index contributed by atoms with van der Waals surface area (Å²) in [5.41, 5.74) is 3.63. The summed E-state index contributed by atoms with van der Waals surface area (Å²) >= 11 is 1.17. The molecule has 0 aromatic carbocycles. The van der Waals surface area contributed by atoms with Gasteiger partial charge in [-0.2, -0.15) is 4.98 Å². The molecule has 1 aliphatic heterocycles. The molecular weight excluding hydrogens is 277 g/mol. The second kappa shape index (κ2) is 5.57. The van der Waals surface area contributed by atoms with Gasteiger partial charge in [-0.25, -0.2) is 14.0 Å². The van der Waals surface area contributed by atoms with Crippen molar-refractivity contribution in [1.29, 1.82) is 0 Å². The Morgan fingerprint density at radius 3 is 3.21 bits per heavy atom. The number of nitrogen functional groups attached to an aromatic ring is 1. The normalized spacial score (nSPS) is 22.4. The first-order valence-corrected chi connectivity index (χ1v) is 6.55. The molecule has 1 saturated heterocycles. The van der Waals surface area contributed by atoms with Crippen LogP contribution in [-0.2, 0) is 14.3 Å². The fourth-order valence-electron chi connectivity index (χ4n) is 1.53. The van der Waals surface area contributed by atoms with Crippen LogP contribution in [0.2, 0.25) is 0 Å². The van der Waals surface area contributed by atoms with Crippen molar-refractivity contribution >= 4 is 23.5 Å². The van der Waals surface area contributed by atoms with E-state index in [4.69, 9.17) is 15.2 Å². The standard InChI is InChI=1S/C10H12FN3O4S/c1-2-17-8(15)9-18-6(4-19-9)14-3-5(11)7(12)13-10(14)16/h3,6,9H,2,4H2,1H3,(H2,12,13,16). The summed E-state index contributed by atoms with van der Waals surface area (Å²) in [6, 6.07) is 0. The van der Waals surface area contributed by atoms with Crippen LogP contribution in [0.15, 0.2) is 11.0 Å². The van der Waals surface area contributed by atoms with E-state index in [-0.39, 0.29) is 6.61 Å². The zero-order valence-electron chi connectivity index (χ0n) is 10.0. The van der Waals surface area contributed by atoms with Gasteiger partial charge in [-0.3, -0.25) is 4.57 Å². The summed E-state index contributed by atoms with van der Waals surface area (Å²) in [7, 11) is 0. The molecule has 1 aliphatic rings. The maximum atomic E-state index is 13.3. The molecule has 2 atom stereocenters. The number of nitrogens with zero attached hydrogens (tertiary/aromatic N) is 2. The first kappa shape index (κ1) is 13.8. The van der Waals surface area contributed by atoms with Gasteiger partial charge in [-0.1, -0.05) is 0 Å². The van der Waals surface area contributed by atoms with Gasteiger partial charge in [0.15, 0.2) is 11.6 Å². The quantitative estimate of drug-likeness (QED) is 0.789. The number of anilines is 1. The van der Waals surface area contributed by atoms with Crippen LogP contribution in [0.4, 0.5) is 10.2 Å². The zero-order chi connectivity index (χ0) is 14.0. The van der Waals surface area contributed by atoms with E-state index in [0.717, 1.165) is 10.8 Å². The Kier molecular flexibility index (Phi) is 4.05. The van der Waals surface area contributed by atoms with E-state index in [1.54, 1.807) is 6.92 Å². The molecule has 2 heterocycles. The lowest BCUT2D eigenvalue weighted by molar-refractivity contribution is -0.153. The molecule has 1 aromatic heterocycles. The predicted molar refractivity (Wildman–Crippen MR) is 65.9 cm³/mol. The maximum Gasteiger partial charge on any atom is 0.351 e. The molecule has 104 valence electrons. The van der Waals surface area contributed by atoms with Crippen molar-refractivity contribution in [3.05, 3.63) is 22.5 Å². The summed E-state index contributed by atoms with van der Waals surface area (Å²) in [5, 5.41) is 0. The van der Waals surface area contributed by atoms with E-state index in [9.17, 15) is 14.0 Å². The molecule has 2 unspecified atom stereocenters. The smallest absolute Gasteiger partial charge is 0.351 e. The number of esters is 1. The lowest BCUT2D eigenvalue weighted by Gasteiger charge is -2.14. The van der Waals surface area contributed by atoms with Crippen molar-refractivity contribution in [2.75, 3.05) is 18.1 Å². The monoisotopic (exact) mass is 289 g/mol. The van der Waals surface area contributed by atoms with Crippen LogP contribution in [0.5, 0.6) is 0 Å². The van der Waals surface area contributed by atoms with Crippen molar-refractivity contribution in [2.45, 2.75) is 18.6 Å². The summed E-state index contributed by atoms with van der Waals surface area (Å²) in [6.07, 6.45) is 0.151. The van der Waals surface area contributed by atoms with Crippen LogP contribution < -0.4 is 11.4 Å². The largest absolute Gasteiger partial charge is 0.463 e. The number of halogens is 1. The third-order valence-corrected chi connectivity index (χ3v) is 3.48. The minimum absolute atomic E-state index is 0.238. The van der Waals surface area contributed by atoms with Crippen molar-refractivity contribution in [3.8, 4) is 0 Å². The molecule has 19 heavy (non-hydrogen) atoms. The number of carbonyl (C=O) groups is 1. The third-order valence-electron chi connectivity index (χ3n) is 2.39. The van der Waals surface area contributed by atoms with Crippen molar-refractivity contribution in [1.82, 2.24) is 9.55 Å². The van der Waals surface area contributed by atoms with Gasteiger partial charge in [0.2, 0.25) is 5.44 Å². The first-order chi connectivity index (χ1) is 9.02. The second-order valence-corrected chi connectivity index (χ2v) is 4.77. The van der Waals surface area contributed by atoms with E-state index in [1.165, 1.54) is 11.8 Å². The minimum atomic E-state index is -0.822. The van der Waals surface area contributed by atoms with Gasteiger partial charge in [0.25, 0.3) is 0 Å². The van der Waals surface area contributed by atoms with Gasteiger partial charge >= 0.3 is 11.7 Å². The molecule has 9 heteroatoms. The molecule has 0 aliphatic carbocycles. The molecule has 7 nitrogen and oxygen atoms in total. The topological polar surface area (TPSA) is 96.4 Å². The van der Waals surface area contributed by atoms with E-state index in [1.807, 2.05) is 0 Å². The highest BCUT2D eigenvalue weighted by Gasteiger charge is 2.34. The van der Waals surface area contributed by atoms with Crippen LogP contribution in [0, 0.1) is 5.82 Å². The second-order valence-electron chi connectivity index (χ2n) is 3.67. The van der Waals surface area contributed by atoms with Crippen molar-refractivity contribution in [3.63, 3.8) is 0 Å². The predicted octanol–water partition coefficient (Wildman–Crippen LogP) is 0.116. The van der Waals surface area contributed by atoms with E-state index in [2.05, 4.69) is 4.98 Å². The van der Waals surface area contributed by atoms with Gasteiger partial charge in [0.1, 0.15) is 6.23 Å². The van der Waals surface area contributed by atoms with Crippen LogP contribution in [-0.4, -0.2) is 33.3 Å². The Hall–Kier alpha value is -1.61. The molecule has 0 spiro atoms. The number of aromatic nitrogens is 2. The molecule has 2 rings (SSSR count). The number of carbonyl (C=O) groups excluding carboxylic acids is 1. The average molecular weight is 289 g/mol. The van der Waals surface area contributed by atoms with Gasteiger partial charge in [0.05, 0.1) is 12.8 Å².